The number of nitrogens with zero attached hydrogens (tertiary/aromatic N) is 1. The van der Waals surface area contributed by atoms with Gasteiger partial charge in [-0.05, 0) is 30.5 Å². The number of Topliss-reactive ketones (excluding diaryl/α,β-unsaturated/α-hetero) is 1. The first-order valence-electron chi connectivity index (χ1n) is 9.70. The fourth-order valence-electron chi connectivity index (χ4n) is 3.37. The Bertz CT molecular complexity index is 719. The SMILES string of the molecule is CCC[N+](C)(C)CC(O)COc1ccccc1C(=O)CCc1ccccc1.[I-]. The summed E-state index contributed by atoms with van der Waals surface area (Å²) in [7, 11) is 4.21. The number of aryl methyl sites for hydroxylation is 1. The van der Waals surface area contributed by atoms with Gasteiger partial charge in [0.05, 0.1) is 26.2 Å². The molecule has 0 fully saturated rings. The first-order valence-corrected chi connectivity index (χ1v) is 9.70. The Balaban J connectivity index is 0.00000392. The molecule has 5 heteroatoms. The summed E-state index contributed by atoms with van der Waals surface area (Å²) >= 11 is 0. The van der Waals surface area contributed by atoms with Crippen molar-refractivity contribution in [3.63, 3.8) is 0 Å². The Hall–Kier alpha value is -1.44. The highest BCUT2D eigenvalue weighted by Crippen LogP contribution is 2.21. The van der Waals surface area contributed by atoms with Crippen LogP contribution in [0.2, 0.25) is 0 Å². The number of carbonyl (C=O) groups excluding carboxylic acids is 1. The molecule has 0 aromatic heterocycles. The molecule has 0 spiro atoms. The molecule has 0 saturated heterocycles. The van der Waals surface area contributed by atoms with Crippen LogP contribution in [0.1, 0.15) is 35.7 Å². The number of ether oxygens (including phenoxy) is 1. The Labute approximate surface area is 186 Å². The van der Waals surface area contributed by atoms with Crippen LogP contribution in [0, 0.1) is 0 Å². The molecular weight excluding hydrogens is 465 g/mol. The third-order valence-electron chi connectivity index (χ3n) is 4.64. The van der Waals surface area contributed by atoms with Crippen molar-refractivity contribution in [1.82, 2.24) is 0 Å². The first-order chi connectivity index (χ1) is 12.9. The van der Waals surface area contributed by atoms with Crippen LogP contribution in [-0.2, 0) is 6.42 Å². The average molecular weight is 497 g/mol. The van der Waals surface area contributed by atoms with E-state index in [0.29, 0.717) is 30.7 Å². The van der Waals surface area contributed by atoms with Gasteiger partial charge < -0.3 is 38.3 Å². The quantitative estimate of drug-likeness (QED) is 0.283. The molecule has 1 N–H and O–H groups in total. The molecule has 1 atom stereocenters. The summed E-state index contributed by atoms with van der Waals surface area (Å²) in [5.74, 6) is 0.612. The van der Waals surface area contributed by atoms with Crippen LogP contribution >= 0.6 is 0 Å². The number of benzene rings is 2. The van der Waals surface area contributed by atoms with Crippen molar-refractivity contribution in [2.45, 2.75) is 32.3 Å². The predicted octanol–water partition coefficient (Wildman–Crippen LogP) is 0.732. The number of carbonyl (C=O) groups is 1. The summed E-state index contributed by atoms with van der Waals surface area (Å²) < 4.78 is 6.56. The zero-order chi connectivity index (χ0) is 19.7. The number of aliphatic hydroxyl groups is 1. The highest BCUT2D eigenvalue weighted by Gasteiger charge is 2.21. The van der Waals surface area contributed by atoms with E-state index in [1.807, 2.05) is 42.5 Å². The molecule has 0 saturated carbocycles. The first kappa shape index (κ1) is 24.6. The van der Waals surface area contributed by atoms with E-state index in [2.05, 4.69) is 21.0 Å². The minimum Gasteiger partial charge on any atom is -1.00 e. The molecule has 0 amide bonds. The molecule has 0 heterocycles. The van der Waals surface area contributed by atoms with Crippen molar-refractivity contribution in [3.05, 3.63) is 65.7 Å². The monoisotopic (exact) mass is 497 g/mol. The normalized spacial score (nSPS) is 12.1. The van der Waals surface area contributed by atoms with Gasteiger partial charge in [0, 0.05) is 6.42 Å². The zero-order valence-electron chi connectivity index (χ0n) is 17.1. The summed E-state index contributed by atoms with van der Waals surface area (Å²) in [6, 6.07) is 17.3. The van der Waals surface area contributed by atoms with Gasteiger partial charge in [0.25, 0.3) is 0 Å². The molecule has 4 nitrogen and oxygen atoms in total. The second-order valence-electron chi connectivity index (χ2n) is 7.71. The molecule has 0 aliphatic rings. The van der Waals surface area contributed by atoms with Crippen molar-refractivity contribution in [2.24, 2.45) is 0 Å². The number of quaternary nitrogens is 1. The third-order valence-corrected chi connectivity index (χ3v) is 4.64. The van der Waals surface area contributed by atoms with E-state index < -0.39 is 6.10 Å². The number of aliphatic hydroxyl groups excluding tert-OH is 1. The van der Waals surface area contributed by atoms with Crippen molar-refractivity contribution < 1.29 is 43.1 Å². The number of hydrogen-bond acceptors (Lipinski definition) is 3. The van der Waals surface area contributed by atoms with Gasteiger partial charge in [-0.1, -0.05) is 49.4 Å². The van der Waals surface area contributed by atoms with Crippen LogP contribution in [-0.4, -0.2) is 55.3 Å². The van der Waals surface area contributed by atoms with E-state index >= 15 is 0 Å². The van der Waals surface area contributed by atoms with Gasteiger partial charge in [0.2, 0.25) is 0 Å². The van der Waals surface area contributed by atoms with E-state index in [1.165, 1.54) is 0 Å². The summed E-state index contributed by atoms with van der Waals surface area (Å²) in [6.45, 7) is 3.96. The van der Waals surface area contributed by atoms with Gasteiger partial charge in [0.15, 0.2) is 5.78 Å². The lowest BCUT2D eigenvalue weighted by atomic mass is 10.0. The minimum atomic E-state index is -0.570. The molecular formula is C23H32INO3. The summed E-state index contributed by atoms with van der Waals surface area (Å²) in [5, 5.41) is 10.3. The molecule has 2 rings (SSSR count). The lowest BCUT2D eigenvalue weighted by Crippen LogP contribution is -3.00. The van der Waals surface area contributed by atoms with Gasteiger partial charge in [-0.2, -0.15) is 0 Å². The third kappa shape index (κ3) is 8.29. The Kier molecular flexibility index (Phi) is 10.7. The maximum atomic E-state index is 12.7. The fourth-order valence-corrected chi connectivity index (χ4v) is 3.37. The molecule has 1 unspecified atom stereocenters. The van der Waals surface area contributed by atoms with Gasteiger partial charge in [0.1, 0.15) is 25.0 Å². The van der Waals surface area contributed by atoms with Gasteiger partial charge in [-0.3, -0.25) is 4.79 Å². The number of likely N-dealkylation sites (N-methyl/N-ethyl adjacent to an activating group) is 1. The van der Waals surface area contributed by atoms with Crippen molar-refractivity contribution in [1.29, 1.82) is 0 Å². The molecule has 0 radical (unpaired) electrons. The van der Waals surface area contributed by atoms with E-state index in [9.17, 15) is 9.90 Å². The van der Waals surface area contributed by atoms with Crippen LogP contribution in [0.3, 0.4) is 0 Å². The predicted molar refractivity (Wildman–Crippen MR) is 109 cm³/mol. The second-order valence-corrected chi connectivity index (χ2v) is 7.71. The Morgan fingerprint density at radius 1 is 1.07 bits per heavy atom. The number of hydrogen-bond donors (Lipinski definition) is 1. The summed E-state index contributed by atoms with van der Waals surface area (Å²) in [6.07, 6.45) is 1.64. The van der Waals surface area contributed by atoms with E-state index in [-0.39, 0.29) is 36.4 Å². The van der Waals surface area contributed by atoms with Crippen LogP contribution in [0.15, 0.2) is 54.6 Å². The van der Waals surface area contributed by atoms with Crippen molar-refractivity contribution >= 4 is 5.78 Å². The lowest BCUT2D eigenvalue weighted by Gasteiger charge is -2.31. The smallest absolute Gasteiger partial charge is 0.166 e. The van der Waals surface area contributed by atoms with E-state index in [1.54, 1.807) is 12.1 Å². The molecule has 0 aliphatic carbocycles. The highest BCUT2D eigenvalue weighted by molar-refractivity contribution is 5.98. The highest BCUT2D eigenvalue weighted by atomic mass is 127. The summed E-state index contributed by atoms with van der Waals surface area (Å²) in [5.41, 5.74) is 1.73. The Morgan fingerprint density at radius 3 is 2.39 bits per heavy atom. The van der Waals surface area contributed by atoms with Crippen LogP contribution in [0.5, 0.6) is 5.75 Å². The maximum Gasteiger partial charge on any atom is 0.166 e. The molecule has 0 bridgehead atoms. The van der Waals surface area contributed by atoms with Crippen LogP contribution in [0.25, 0.3) is 0 Å². The topological polar surface area (TPSA) is 46.5 Å². The van der Waals surface area contributed by atoms with E-state index in [0.717, 1.165) is 23.0 Å². The van der Waals surface area contributed by atoms with Gasteiger partial charge >= 0.3 is 0 Å². The zero-order valence-corrected chi connectivity index (χ0v) is 19.3. The van der Waals surface area contributed by atoms with Gasteiger partial charge in [-0.15, -0.1) is 0 Å². The number of rotatable bonds is 11. The van der Waals surface area contributed by atoms with E-state index in [4.69, 9.17) is 4.74 Å². The minimum absolute atomic E-state index is 0. The largest absolute Gasteiger partial charge is 1.00 e. The van der Waals surface area contributed by atoms with Crippen molar-refractivity contribution in [2.75, 3.05) is 33.8 Å². The molecule has 2 aromatic rings. The molecule has 2 aromatic carbocycles. The van der Waals surface area contributed by atoms with Gasteiger partial charge in [-0.25, -0.2) is 0 Å². The number of ketones is 1. The number of halogens is 1. The summed E-state index contributed by atoms with van der Waals surface area (Å²) in [4.78, 5) is 12.7. The molecule has 154 valence electrons. The second kappa shape index (κ2) is 12.2. The number of para-hydroxylation sites is 1. The Morgan fingerprint density at radius 2 is 1.71 bits per heavy atom. The average Bonchev–Trinajstić information content (AvgIpc) is 2.65. The van der Waals surface area contributed by atoms with Crippen LogP contribution < -0.4 is 28.7 Å². The molecule has 28 heavy (non-hydrogen) atoms. The maximum absolute atomic E-state index is 12.7. The molecule has 0 aliphatic heterocycles. The van der Waals surface area contributed by atoms with Crippen LogP contribution in [0.4, 0.5) is 0 Å². The standard InChI is InChI=1S/C23H32NO3.HI/c1-4-16-24(2,3)17-20(25)18-27-23-13-9-8-12-21(23)22(26)15-14-19-10-6-5-7-11-19;/h5-13,20,25H,4,14-18H2,1-3H3;1H/q+1;/p-1. The van der Waals surface area contributed by atoms with Crippen molar-refractivity contribution in [3.8, 4) is 5.75 Å². The lowest BCUT2D eigenvalue weighted by molar-refractivity contribution is -0.893. The fraction of sp³-hybridized carbons (Fsp3) is 0.435.